The highest BCUT2D eigenvalue weighted by Crippen LogP contribution is 2.05. The third-order valence-electron chi connectivity index (χ3n) is 1.78. The number of hydrogen-bond acceptors (Lipinski definition) is 2. The molecule has 0 aromatic carbocycles. The molecule has 0 spiro atoms. The third-order valence-corrected chi connectivity index (χ3v) is 1.78. The van der Waals surface area contributed by atoms with Crippen LogP contribution in [0.5, 0.6) is 0 Å². The normalized spacial score (nSPS) is 8.50. The van der Waals surface area contributed by atoms with Crippen molar-refractivity contribution in [1.82, 2.24) is 0 Å². The summed E-state index contributed by atoms with van der Waals surface area (Å²) < 4.78 is 2.08. The summed E-state index contributed by atoms with van der Waals surface area (Å²) in [6, 6.07) is 4.16. The molecule has 0 aliphatic rings. The van der Waals surface area contributed by atoms with Gasteiger partial charge < -0.3 is 27.6 Å². The molecule has 0 radical (unpaired) electrons. The SMILES string of the molecule is Br.CN(C)c1cc[n+](CCN)cc1.[Br-]. The van der Waals surface area contributed by atoms with Gasteiger partial charge in [0.05, 0.1) is 6.54 Å². The average molecular weight is 327 g/mol. The number of pyridine rings is 1. The van der Waals surface area contributed by atoms with E-state index in [1.807, 2.05) is 26.5 Å². The van der Waals surface area contributed by atoms with Gasteiger partial charge in [-0.2, -0.15) is 0 Å². The zero-order valence-corrected chi connectivity index (χ0v) is 11.8. The van der Waals surface area contributed by atoms with Gasteiger partial charge in [0, 0.05) is 31.9 Å². The van der Waals surface area contributed by atoms with E-state index in [9.17, 15) is 0 Å². The molecular weight excluding hydrogens is 310 g/mol. The number of rotatable bonds is 3. The third kappa shape index (κ3) is 4.93. The van der Waals surface area contributed by atoms with Gasteiger partial charge in [-0.3, -0.25) is 0 Å². The Labute approximate surface area is 106 Å². The second-order valence-corrected chi connectivity index (χ2v) is 2.98. The number of aromatic nitrogens is 1. The predicted molar refractivity (Wildman–Crippen MR) is 60.3 cm³/mol. The van der Waals surface area contributed by atoms with Gasteiger partial charge in [0.1, 0.15) is 0 Å². The monoisotopic (exact) mass is 325 g/mol. The lowest BCUT2D eigenvalue weighted by Crippen LogP contribution is -3.00. The van der Waals surface area contributed by atoms with Gasteiger partial charge in [0.15, 0.2) is 18.9 Å². The van der Waals surface area contributed by atoms with Crippen LogP contribution in [0.25, 0.3) is 0 Å². The first kappa shape index (κ1) is 16.3. The van der Waals surface area contributed by atoms with Gasteiger partial charge in [0.2, 0.25) is 0 Å². The Morgan fingerprint density at radius 2 is 1.79 bits per heavy atom. The maximum Gasteiger partial charge on any atom is 0.170 e. The summed E-state index contributed by atoms with van der Waals surface area (Å²) in [5, 5.41) is 0. The van der Waals surface area contributed by atoms with Crippen LogP contribution in [0.1, 0.15) is 0 Å². The molecule has 5 heteroatoms. The van der Waals surface area contributed by atoms with Crippen LogP contribution in [0, 0.1) is 0 Å². The van der Waals surface area contributed by atoms with Crippen molar-refractivity contribution in [3.63, 3.8) is 0 Å². The minimum Gasteiger partial charge on any atom is -1.00 e. The Kier molecular flexibility index (Phi) is 9.55. The molecule has 0 atom stereocenters. The lowest BCUT2D eigenvalue weighted by Gasteiger charge is -2.10. The Morgan fingerprint density at radius 1 is 1.29 bits per heavy atom. The summed E-state index contributed by atoms with van der Waals surface area (Å²) in [7, 11) is 4.06. The van der Waals surface area contributed by atoms with Crippen molar-refractivity contribution < 1.29 is 21.5 Å². The molecule has 0 unspecified atom stereocenters. The molecule has 0 saturated heterocycles. The number of halogens is 2. The lowest BCUT2D eigenvalue weighted by atomic mass is 10.4. The van der Waals surface area contributed by atoms with Gasteiger partial charge in [0.25, 0.3) is 0 Å². The van der Waals surface area contributed by atoms with Crippen LogP contribution >= 0.6 is 17.0 Å². The van der Waals surface area contributed by atoms with Gasteiger partial charge in [-0.1, -0.05) is 0 Å². The molecule has 1 heterocycles. The first-order valence-electron chi connectivity index (χ1n) is 4.10. The van der Waals surface area contributed by atoms with E-state index >= 15 is 0 Å². The summed E-state index contributed by atoms with van der Waals surface area (Å²) in [4.78, 5) is 2.08. The van der Waals surface area contributed by atoms with E-state index in [0.29, 0.717) is 6.54 Å². The maximum atomic E-state index is 5.43. The Morgan fingerprint density at radius 3 is 2.14 bits per heavy atom. The second-order valence-electron chi connectivity index (χ2n) is 2.98. The Hall–Kier alpha value is -0.130. The zero-order valence-electron chi connectivity index (χ0n) is 8.48. The van der Waals surface area contributed by atoms with Crippen molar-refractivity contribution in [3.05, 3.63) is 24.5 Å². The van der Waals surface area contributed by atoms with Crippen molar-refractivity contribution in [2.45, 2.75) is 6.54 Å². The maximum absolute atomic E-state index is 5.43. The molecule has 1 aromatic rings. The largest absolute Gasteiger partial charge is 1.00 e. The Bertz CT molecular complexity index is 236. The van der Waals surface area contributed by atoms with E-state index in [1.54, 1.807) is 0 Å². The molecule has 3 nitrogen and oxygen atoms in total. The van der Waals surface area contributed by atoms with Crippen LogP contribution in [0.4, 0.5) is 5.69 Å². The lowest BCUT2D eigenvalue weighted by molar-refractivity contribution is -0.694. The molecule has 1 rings (SSSR count). The smallest absolute Gasteiger partial charge is 0.170 e. The number of hydrogen-bond donors (Lipinski definition) is 1. The molecule has 2 N–H and O–H groups in total. The molecule has 14 heavy (non-hydrogen) atoms. The van der Waals surface area contributed by atoms with E-state index in [0.717, 1.165) is 6.54 Å². The van der Waals surface area contributed by atoms with Gasteiger partial charge in [-0.25, -0.2) is 4.57 Å². The minimum absolute atomic E-state index is 0. The minimum atomic E-state index is 0. The van der Waals surface area contributed by atoms with Crippen LogP contribution < -0.4 is 32.2 Å². The summed E-state index contributed by atoms with van der Waals surface area (Å²) in [5.74, 6) is 0. The molecule has 0 aliphatic carbocycles. The molecule has 0 bridgehead atoms. The van der Waals surface area contributed by atoms with E-state index in [1.165, 1.54) is 5.69 Å². The molecule has 0 saturated carbocycles. The Balaban J connectivity index is 0. The summed E-state index contributed by atoms with van der Waals surface area (Å²) in [6.45, 7) is 1.57. The van der Waals surface area contributed by atoms with Gasteiger partial charge >= 0.3 is 0 Å². The van der Waals surface area contributed by atoms with Crippen LogP contribution in [0.15, 0.2) is 24.5 Å². The highest BCUT2D eigenvalue weighted by atomic mass is 79.9. The molecular formula is C9H17Br2N3. The van der Waals surface area contributed by atoms with E-state index < -0.39 is 0 Å². The van der Waals surface area contributed by atoms with Crippen LogP contribution in [0.3, 0.4) is 0 Å². The molecule has 0 fully saturated rings. The molecule has 82 valence electrons. The fourth-order valence-corrected chi connectivity index (χ4v) is 1.05. The summed E-state index contributed by atoms with van der Waals surface area (Å²) in [5.41, 5.74) is 6.64. The number of anilines is 1. The fourth-order valence-electron chi connectivity index (χ4n) is 1.05. The first-order chi connectivity index (χ1) is 5.74. The number of nitrogens with two attached hydrogens (primary N) is 1. The van der Waals surface area contributed by atoms with E-state index in [2.05, 4.69) is 21.6 Å². The average Bonchev–Trinajstić information content (AvgIpc) is 2.06. The topological polar surface area (TPSA) is 33.1 Å². The quantitative estimate of drug-likeness (QED) is 0.627. The van der Waals surface area contributed by atoms with Gasteiger partial charge in [-0.05, 0) is 0 Å². The van der Waals surface area contributed by atoms with E-state index in [-0.39, 0.29) is 34.0 Å². The molecule has 0 aliphatic heterocycles. The van der Waals surface area contributed by atoms with Crippen molar-refractivity contribution in [3.8, 4) is 0 Å². The van der Waals surface area contributed by atoms with Gasteiger partial charge in [-0.15, -0.1) is 17.0 Å². The van der Waals surface area contributed by atoms with Crippen LogP contribution in [-0.2, 0) is 6.54 Å². The number of nitrogens with zero attached hydrogens (tertiary/aromatic N) is 2. The zero-order chi connectivity index (χ0) is 8.97. The fraction of sp³-hybridized carbons (Fsp3) is 0.444. The second kappa shape index (κ2) is 8.20. The highest BCUT2D eigenvalue weighted by molar-refractivity contribution is 8.93. The van der Waals surface area contributed by atoms with Crippen molar-refractivity contribution in [1.29, 1.82) is 0 Å². The molecule has 0 amide bonds. The highest BCUT2D eigenvalue weighted by Gasteiger charge is 1.99. The van der Waals surface area contributed by atoms with Crippen molar-refractivity contribution in [2.75, 3.05) is 25.5 Å². The van der Waals surface area contributed by atoms with Crippen LogP contribution in [-0.4, -0.2) is 20.6 Å². The first-order valence-corrected chi connectivity index (χ1v) is 4.10. The predicted octanol–water partition coefficient (Wildman–Crippen LogP) is -2.42. The summed E-state index contributed by atoms with van der Waals surface area (Å²) >= 11 is 0. The van der Waals surface area contributed by atoms with Crippen molar-refractivity contribution in [2.24, 2.45) is 5.73 Å². The van der Waals surface area contributed by atoms with Crippen LogP contribution in [0.2, 0.25) is 0 Å². The van der Waals surface area contributed by atoms with Crippen molar-refractivity contribution >= 4 is 22.7 Å². The van der Waals surface area contributed by atoms with E-state index in [4.69, 9.17) is 5.73 Å². The standard InChI is InChI=1S/C9H16N3.2BrH/c1-11(2)9-3-6-12(7-4-9)8-5-10;;/h3-4,6-7H,5,8,10H2,1-2H3;2*1H/q+1;;/p-1. The summed E-state index contributed by atoms with van der Waals surface area (Å²) in [6.07, 6.45) is 4.09. The molecule has 1 aromatic heterocycles.